The van der Waals surface area contributed by atoms with Crippen molar-refractivity contribution in [1.82, 2.24) is 40.2 Å². The Morgan fingerprint density at radius 3 is 2.65 bits per heavy atom. The van der Waals surface area contributed by atoms with Crippen LogP contribution >= 0.6 is 0 Å². The predicted molar refractivity (Wildman–Crippen MR) is 154 cm³/mol. The van der Waals surface area contributed by atoms with Crippen molar-refractivity contribution >= 4 is 28.4 Å². The number of nitrogens with one attached hydrogen (secondary N) is 3. The van der Waals surface area contributed by atoms with Crippen LogP contribution in [0.5, 0.6) is 0 Å². The summed E-state index contributed by atoms with van der Waals surface area (Å²) in [6.07, 6.45) is 4.55. The minimum atomic E-state index is -0.0939. The average molecular weight is 545 g/mol. The van der Waals surface area contributed by atoms with Crippen molar-refractivity contribution in [3.8, 4) is 0 Å². The van der Waals surface area contributed by atoms with Gasteiger partial charge in [0.1, 0.15) is 11.3 Å². The Hall–Kier alpha value is -3.87. The van der Waals surface area contributed by atoms with Crippen molar-refractivity contribution in [3.63, 3.8) is 0 Å². The van der Waals surface area contributed by atoms with E-state index < -0.39 is 0 Å². The minimum absolute atomic E-state index is 0.0529. The van der Waals surface area contributed by atoms with Crippen LogP contribution in [0.4, 0.5) is 17.3 Å². The molecule has 0 aliphatic carbocycles. The van der Waals surface area contributed by atoms with Gasteiger partial charge in [0, 0.05) is 50.0 Å². The van der Waals surface area contributed by atoms with Gasteiger partial charge in [-0.25, -0.2) is 9.67 Å². The third-order valence-corrected chi connectivity index (χ3v) is 7.73. The molecule has 40 heavy (non-hydrogen) atoms. The summed E-state index contributed by atoms with van der Waals surface area (Å²) < 4.78 is 9.53. The number of morpholine rings is 1. The highest BCUT2D eigenvalue weighted by atomic mass is 16.5. The fraction of sp³-hybridized carbons (Fsp3) is 0.464. The lowest BCUT2D eigenvalue weighted by Gasteiger charge is -2.24. The van der Waals surface area contributed by atoms with Crippen molar-refractivity contribution in [2.24, 2.45) is 0 Å². The molecular weight excluding hydrogens is 508 g/mol. The smallest absolute Gasteiger partial charge is 0.276 e. The van der Waals surface area contributed by atoms with E-state index in [1.54, 1.807) is 17.0 Å². The first kappa shape index (κ1) is 26.4. The summed E-state index contributed by atoms with van der Waals surface area (Å²) in [5.41, 5.74) is 3.96. The maximum atomic E-state index is 13.9. The van der Waals surface area contributed by atoms with Crippen LogP contribution in [0, 0.1) is 0 Å². The summed E-state index contributed by atoms with van der Waals surface area (Å²) in [4.78, 5) is 25.4. The predicted octanol–water partition coefficient (Wildman–Crippen LogP) is 2.22. The summed E-state index contributed by atoms with van der Waals surface area (Å²) >= 11 is 0. The standard InChI is InChI=1S/C28H36N10O2/c1-3-36(4-2)24-13-20-14-31-28(33-21-7-5-19(6-8-21)25-17-30-11-12-40-25)34-26(20)37(27(24)39)18-23-16-32-35-38(23)22-9-10-29-15-22/h5-8,13-14,16,22,25,29-30H,3-4,9-12,15,17-18H2,1-2H3,(H,31,33,34). The molecule has 2 aliphatic rings. The van der Waals surface area contributed by atoms with E-state index in [4.69, 9.17) is 9.72 Å². The summed E-state index contributed by atoms with van der Waals surface area (Å²) in [6.45, 7) is 10.0. The molecule has 0 radical (unpaired) electrons. The molecule has 0 spiro atoms. The van der Waals surface area contributed by atoms with Gasteiger partial charge in [-0.15, -0.1) is 5.10 Å². The molecule has 0 amide bonds. The monoisotopic (exact) mass is 544 g/mol. The molecular formula is C28H36N10O2. The van der Waals surface area contributed by atoms with Crippen LogP contribution in [-0.4, -0.2) is 75.4 Å². The van der Waals surface area contributed by atoms with Gasteiger partial charge >= 0.3 is 0 Å². The second kappa shape index (κ2) is 11.7. The highest BCUT2D eigenvalue weighted by molar-refractivity contribution is 5.80. The quantitative estimate of drug-likeness (QED) is 0.289. The largest absolute Gasteiger partial charge is 0.371 e. The Morgan fingerprint density at radius 1 is 1.10 bits per heavy atom. The van der Waals surface area contributed by atoms with Gasteiger partial charge in [0.2, 0.25) is 5.95 Å². The molecule has 2 unspecified atom stereocenters. The molecule has 2 aliphatic heterocycles. The Bertz CT molecular complexity index is 1500. The van der Waals surface area contributed by atoms with Gasteiger partial charge in [-0.1, -0.05) is 17.3 Å². The van der Waals surface area contributed by atoms with Crippen LogP contribution in [0.1, 0.15) is 43.7 Å². The van der Waals surface area contributed by atoms with Crippen molar-refractivity contribution in [1.29, 1.82) is 0 Å². The van der Waals surface area contributed by atoms with E-state index in [1.807, 2.05) is 22.9 Å². The van der Waals surface area contributed by atoms with E-state index >= 15 is 0 Å². The molecule has 0 saturated carbocycles. The molecule has 210 valence electrons. The van der Waals surface area contributed by atoms with E-state index in [9.17, 15) is 4.79 Å². The zero-order valence-electron chi connectivity index (χ0n) is 23.0. The van der Waals surface area contributed by atoms with Gasteiger partial charge in [-0.3, -0.25) is 9.36 Å². The molecule has 2 fully saturated rings. The molecule has 3 aromatic heterocycles. The number of pyridine rings is 1. The highest BCUT2D eigenvalue weighted by Gasteiger charge is 2.22. The zero-order chi connectivity index (χ0) is 27.5. The summed E-state index contributed by atoms with van der Waals surface area (Å²) in [7, 11) is 0. The number of hydrogen-bond acceptors (Lipinski definition) is 10. The molecule has 5 heterocycles. The molecule has 1 aromatic carbocycles. The first-order chi connectivity index (χ1) is 19.6. The zero-order valence-corrected chi connectivity index (χ0v) is 23.0. The van der Waals surface area contributed by atoms with Gasteiger partial charge < -0.3 is 25.6 Å². The third kappa shape index (κ3) is 5.29. The Kier molecular flexibility index (Phi) is 7.71. The van der Waals surface area contributed by atoms with E-state index in [-0.39, 0.29) is 17.7 Å². The van der Waals surface area contributed by atoms with E-state index in [2.05, 4.69) is 62.1 Å². The molecule has 12 heteroatoms. The molecule has 4 aromatic rings. The summed E-state index contributed by atoms with van der Waals surface area (Å²) in [5, 5.41) is 19.4. The van der Waals surface area contributed by atoms with Gasteiger partial charge in [-0.2, -0.15) is 4.98 Å². The Labute approximate surface area is 232 Å². The lowest BCUT2D eigenvalue weighted by molar-refractivity contribution is 0.0277. The van der Waals surface area contributed by atoms with Crippen molar-refractivity contribution in [2.45, 2.75) is 39.0 Å². The molecule has 2 atom stereocenters. The first-order valence-corrected chi connectivity index (χ1v) is 14.1. The average Bonchev–Trinajstić information content (AvgIpc) is 3.69. The fourth-order valence-electron chi connectivity index (χ4n) is 5.53. The van der Waals surface area contributed by atoms with Crippen molar-refractivity contribution in [2.75, 3.05) is 56.1 Å². The van der Waals surface area contributed by atoms with Crippen LogP contribution in [0.2, 0.25) is 0 Å². The fourth-order valence-corrected chi connectivity index (χ4v) is 5.53. The summed E-state index contributed by atoms with van der Waals surface area (Å²) in [5.74, 6) is 0.422. The number of fused-ring (bicyclic) bond motifs is 1. The van der Waals surface area contributed by atoms with Crippen LogP contribution < -0.4 is 26.4 Å². The van der Waals surface area contributed by atoms with Crippen LogP contribution in [-0.2, 0) is 11.3 Å². The lowest BCUT2D eigenvalue weighted by atomic mass is 10.1. The lowest BCUT2D eigenvalue weighted by Crippen LogP contribution is -2.33. The molecule has 2 saturated heterocycles. The van der Waals surface area contributed by atoms with Gasteiger partial charge in [0.25, 0.3) is 5.56 Å². The van der Waals surface area contributed by atoms with Gasteiger partial charge in [0.05, 0.1) is 37.2 Å². The normalized spacial score (nSPS) is 19.2. The van der Waals surface area contributed by atoms with E-state index in [1.165, 1.54) is 0 Å². The number of benzene rings is 1. The topological polar surface area (TPSA) is 127 Å². The second-order valence-electron chi connectivity index (χ2n) is 10.2. The maximum absolute atomic E-state index is 13.9. The first-order valence-electron chi connectivity index (χ1n) is 14.1. The number of anilines is 3. The van der Waals surface area contributed by atoms with E-state index in [0.717, 1.165) is 68.0 Å². The van der Waals surface area contributed by atoms with Crippen LogP contribution in [0.15, 0.2) is 47.5 Å². The number of hydrogen-bond donors (Lipinski definition) is 3. The van der Waals surface area contributed by atoms with Crippen LogP contribution in [0.3, 0.4) is 0 Å². The van der Waals surface area contributed by atoms with Crippen LogP contribution in [0.25, 0.3) is 11.0 Å². The molecule has 12 nitrogen and oxygen atoms in total. The number of ether oxygens (including phenoxy) is 1. The number of aromatic nitrogens is 6. The minimum Gasteiger partial charge on any atom is -0.371 e. The molecule has 0 bridgehead atoms. The van der Waals surface area contributed by atoms with Crippen molar-refractivity contribution in [3.05, 3.63) is 64.3 Å². The SMILES string of the molecule is CCN(CC)c1cc2cnc(Nc3ccc(C4CNCCO4)cc3)nc2n(Cc2cnnn2C2CCNC2)c1=O. The second-order valence-corrected chi connectivity index (χ2v) is 10.2. The summed E-state index contributed by atoms with van der Waals surface area (Å²) in [6, 6.07) is 10.2. The molecule has 6 rings (SSSR count). The van der Waals surface area contributed by atoms with E-state index in [0.29, 0.717) is 30.4 Å². The number of nitrogens with zero attached hydrogens (tertiary/aromatic N) is 7. The highest BCUT2D eigenvalue weighted by Crippen LogP contribution is 2.24. The maximum Gasteiger partial charge on any atom is 0.276 e. The third-order valence-electron chi connectivity index (χ3n) is 7.73. The Balaban J connectivity index is 1.35. The Morgan fingerprint density at radius 2 is 1.93 bits per heavy atom. The van der Waals surface area contributed by atoms with Crippen molar-refractivity contribution < 1.29 is 4.74 Å². The number of rotatable bonds is 9. The molecule has 3 N–H and O–H groups in total. The van der Waals surface area contributed by atoms with Gasteiger partial charge in [0.15, 0.2) is 0 Å². The van der Waals surface area contributed by atoms with Gasteiger partial charge in [-0.05, 0) is 50.6 Å².